The van der Waals surface area contributed by atoms with Gasteiger partial charge in [-0.2, -0.15) is 0 Å². The lowest BCUT2D eigenvalue weighted by molar-refractivity contribution is -0.130. The third-order valence-corrected chi connectivity index (χ3v) is 7.06. The van der Waals surface area contributed by atoms with Gasteiger partial charge in [-0.1, -0.05) is 23.9 Å². The van der Waals surface area contributed by atoms with Crippen molar-refractivity contribution in [1.29, 1.82) is 0 Å². The first-order chi connectivity index (χ1) is 13.3. The van der Waals surface area contributed by atoms with Gasteiger partial charge in [-0.3, -0.25) is 9.69 Å². The second-order valence-electron chi connectivity index (χ2n) is 6.22. The largest absolute Gasteiger partial charge is 0.339 e. The van der Waals surface area contributed by atoms with Crippen LogP contribution in [0.3, 0.4) is 0 Å². The van der Waals surface area contributed by atoms with Crippen LogP contribution >= 0.6 is 34.4 Å². The summed E-state index contributed by atoms with van der Waals surface area (Å²) >= 11 is 4.87. The molecule has 4 heterocycles. The molecule has 10 heteroatoms. The molecule has 0 saturated carbocycles. The first-order valence-electron chi connectivity index (χ1n) is 8.72. The van der Waals surface area contributed by atoms with Crippen molar-refractivity contribution in [1.82, 2.24) is 30.0 Å². The van der Waals surface area contributed by atoms with Crippen LogP contribution in [0.4, 0.5) is 0 Å². The molecule has 7 nitrogen and oxygen atoms in total. The Bertz CT molecular complexity index is 840. The van der Waals surface area contributed by atoms with Crippen molar-refractivity contribution in [2.45, 2.75) is 18.2 Å². The average Bonchev–Trinajstić information content (AvgIpc) is 3.44. The van der Waals surface area contributed by atoms with Crippen LogP contribution < -0.4 is 0 Å². The predicted octanol–water partition coefficient (Wildman–Crippen LogP) is 2.28. The van der Waals surface area contributed by atoms with E-state index in [9.17, 15) is 4.79 Å². The second kappa shape index (κ2) is 8.96. The number of tetrazole rings is 1. The molecule has 3 aromatic rings. The highest BCUT2D eigenvalue weighted by Crippen LogP contribution is 2.19. The number of aromatic nitrogens is 4. The van der Waals surface area contributed by atoms with Crippen molar-refractivity contribution >= 4 is 40.3 Å². The first kappa shape index (κ1) is 18.6. The van der Waals surface area contributed by atoms with E-state index in [1.54, 1.807) is 27.4 Å². The zero-order chi connectivity index (χ0) is 18.5. The van der Waals surface area contributed by atoms with Crippen LogP contribution in [-0.2, 0) is 17.9 Å². The fourth-order valence-electron chi connectivity index (χ4n) is 2.95. The van der Waals surface area contributed by atoms with Crippen LogP contribution in [0.1, 0.15) is 9.75 Å². The molecular formula is C17H20N6OS3. The molecule has 3 aromatic heterocycles. The van der Waals surface area contributed by atoms with E-state index in [0.717, 1.165) is 32.7 Å². The standard InChI is InChI=1S/C17H20N6OS3/c24-16(22-7-5-21(6-8-22)11-14-3-1-9-25-14)13-27-17-18-19-20-23(17)12-15-4-2-10-26-15/h1-4,9-10H,5-8,11-13H2. The van der Waals surface area contributed by atoms with Crippen LogP contribution in [0.15, 0.2) is 40.2 Å². The number of thiophene rings is 2. The Morgan fingerprint density at radius 1 is 1.04 bits per heavy atom. The molecule has 0 unspecified atom stereocenters. The van der Waals surface area contributed by atoms with Crippen molar-refractivity contribution in [3.63, 3.8) is 0 Å². The summed E-state index contributed by atoms with van der Waals surface area (Å²) in [5, 5.41) is 16.7. The maximum atomic E-state index is 12.6. The van der Waals surface area contributed by atoms with E-state index in [4.69, 9.17) is 0 Å². The van der Waals surface area contributed by atoms with Gasteiger partial charge in [-0.05, 0) is 33.3 Å². The van der Waals surface area contributed by atoms with Gasteiger partial charge in [-0.15, -0.1) is 27.8 Å². The number of carbonyl (C=O) groups is 1. The van der Waals surface area contributed by atoms with Gasteiger partial charge in [0.1, 0.15) is 0 Å². The van der Waals surface area contributed by atoms with Gasteiger partial charge in [0.05, 0.1) is 12.3 Å². The minimum absolute atomic E-state index is 0.154. The molecule has 0 radical (unpaired) electrons. The molecule has 0 bridgehead atoms. The quantitative estimate of drug-likeness (QED) is 0.547. The predicted molar refractivity (Wildman–Crippen MR) is 108 cm³/mol. The zero-order valence-electron chi connectivity index (χ0n) is 14.7. The maximum absolute atomic E-state index is 12.6. The molecule has 1 saturated heterocycles. The Morgan fingerprint density at radius 3 is 2.41 bits per heavy atom. The second-order valence-corrected chi connectivity index (χ2v) is 9.23. The van der Waals surface area contributed by atoms with E-state index >= 15 is 0 Å². The van der Waals surface area contributed by atoms with Crippen LogP contribution in [-0.4, -0.2) is 67.8 Å². The lowest BCUT2D eigenvalue weighted by Gasteiger charge is -2.34. The Labute approximate surface area is 170 Å². The summed E-state index contributed by atoms with van der Waals surface area (Å²) in [5.74, 6) is 0.525. The number of piperazine rings is 1. The highest BCUT2D eigenvalue weighted by molar-refractivity contribution is 7.99. The van der Waals surface area contributed by atoms with Gasteiger partial charge in [0, 0.05) is 42.5 Å². The summed E-state index contributed by atoms with van der Waals surface area (Å²) in [4.78, 5) is 19.5. The van der Waals surface area contributed by atoms with Crippen LogP contribution in [0.5, 0.6) is 0 Å². The van der Waals surface area contributed by atoms with Gasteiger partial charge in [-0.25, -0.2) is 4.68 Å². The minimum atomic E-state index is 0.154. The van der Waals surface area contributed by atoms with E-state index < -0.39 is 0 Å². The molecule has 1 fully saturated rings. The number of nitrogens with zero attached hydrogens (tertiary/aromatic N) is 6. The smallest absolute Gasteiger partial charge is 0.233 e. The number of thioether (sulfide) groups is 1. The topological polar surface area (TPSA) is 67.2 Å². The molecule has 1 aliphatic rings. The number of hydrogen-bond acceptors (Lipinski definition) is 8. The molecule has 0 aromatic carbocycles. The van der Waals surface area contributed by atoms with Gasteiger partial charge in [0.15, 0.2) is 0 Å². The van der Waals surface area contributed by atoms with Crippen molar-refractivity contribution < 1.29 is 4.79 Å². The van der Waals surface area contributed by atoms with Gasteiger partial charge in [0.2, 0.25) is 11.1 Å². The van der Waals surface area contributed by atoms with Crippen LogP contribution in [0.25, 0.3) is 0 Å². The molecule has 0 N–H and O–H groups in total. The summed E-state index contributed by atoms with van der Waals surface area (Å²) in [6.45, 7) is 5.03. The van der Waals surface area contributed by atoms with Crippen LogP contribution in [0, 0.1) is 0 Å². The zero-order valence-corrected chi connectivity index (χ0v) is 17.2. The van der Waals surface area contributed by atoms with Gasteiger partial charge < -0.3 is 4.90 Å². The third-order valence-electron chi connectivity index (χ3n) is 4.39. The number of amides is 1. The summed E-state index contributed by atoms with van der Waals surface area (Å²) in [7, 11) is 0. The Balaban J connectivity index is 1.24. The van der Waals surface area contributed by atoms with Crippen molar-refractivity contribution in [3.05, 3.63) is 44.8 Å². The van der Waals surface area contributed by atoms with Crippen molar-refractivity contribution in [2.75, 3.05) is 31.9 Å². The molecule has 1 aliphatic heterocycles. The monoisotopic (exact) mass is 420 g/mol. The normalized spacial score (nSPS) is 15.3. The van der Waals surface area contributed by atoms with E-state index in [-0.39, 0.29) is 5.91 Å². The highest BCUT2D eigenvalue weighted by Gasteiger charge is 2.22. The fraction of sp³-hybridized carbons (Fsp3) is 0.412. The first-order valence-corrected chi connectivity index (χ1v) is 11.5. The van der Waals surface area contributed by atoms with Crippen molar-refractivity contribution in [3.8, 4) is 0 Å². The Kier molecular flexibility index (Phi) is 6.17. The molecule has 27 heavy (non-hydrogen) atoms. The third kappa shape index (κ3) is 4.95. The molecule has 0 aliphatic carbocycles. The summed E-state index contributed by atoms with van der Waals surface area (Å²) in [6, 6.07) is 8.32. The SMILES string of the molecule is O=C(CSc1nnnn1Cc1cccs1)N1CCN(Cc2cccs2)CC1. The maximum Gasteiger partial charge on any atom is 0.233 e. The molecule has 0 atom stereocenters. The fourth-order valence-corrected chi connectivity index (χ4v) is 5.16. The van der Waals surface area contributed by atoms with E-state index in [0.29, 0.717) is 17.5 Å². The van der Waals surface area contributed by atoms with E-state index in [1.165, 1.54) is 21.5 Å². The molecule has 1 amide bonds. The van der Waals surface area contributed by atoms with Crippen molar-refractivity contribution in [2.24, 2.45) is 0 Å². The molecular weight excluding hydrogens is 400 g/mol. The minimum Gasteiger partial charge on any atom is -0.339 e. The molecule has 4 rings (SSSR count). The Morgan fingerprint density at radius 2 is 1.74 bits per heavy atom. The average molecular weight is 421 g/mol. The number of hydrogen-bond donors (Lipinski definition) is 0. The number of carbonyl (C=O) groups excluding carboxylic acids is 1. The summed E-state index contributed by atoms with van der Waals surface area (Å²) in [6.07, 6.45) is 0. The van der Waals surface area contributed by atoms with Gasteiger partial charge in [0.25, 0.3) is 0 Å². The molecule has 142 valence electrons. The lowest BCUT2D eigenvalue weighted by atomic mass is 10.3. The number of rotatable bonds is 7. The summed E-state index contributed by atoms with van der Waals surface area (Å²) < 4.78 is 1.75. The molecule has 0 spiro atoms. The Hall–Kier alpha value is -1.75. The van der Waals surface area contributed by atoms with Gasteiger partial charge >= 0.3 is 0 Å². The van der Waals surface area contributed by atoms with E-state index in [1.807, 2.05) is 16.3 Å². The lowest BCUT2D eigenvalue weighted by Crippen LogP contribution is -2.48. The van der Waals surface area contributed by atoms with Crippen LogP contribution in [0.2, 0.25) is 0 Å². The highest BCUT2D eigenvalue weighted by atomic mass is 32.2. The summed E-state index contributed by atoms with van der Waals surface area (Å²) in [5.41, 5.74) is 0. The van der Waals surface area contributed by atoms with E-state index in [2.05, 4.69) is 44.0 Å².